The molecule has 0 aromatic carbocycles. The first-order valence-corrected chi connectivity index (χ1v) is 7.53. The number of rotatable bonds is 4. The van der Waals surface area contributed by atoms with Gasteiger partial charge in [-0.3, -0.25) is 9.59 Å². The van der Waals surface area contributed by atoms with Crippen LogP contribution in [0, 0.1) is 0 Å². The summed E-state index contributed by atoms with van der Waals surface area (Å²) in [4.78, 5) is 25.4. The molecule has 0 aliphatic carbocycles. The van der Waals surface area contributed by atoms with Crippen LogP contribution in [0.1, 0.15) is 26.7 Å². The van der Waals surface area contributed by atoms with Gasteiger partial charge in [0.2, 0.25) is 5.91 Å². The molecule has 6 heteroatoms. The van der Waals surface area contributed by atoms with Crippen LogP contribution >= 0.6 is 11.8 Å². The highest BCUT2D eigenvalue weighted by Gasteiger charge is 2.33. The lowest BCUT2D eigenvalue weighted by Gasteiger charge is -2.31. The minimum absolute atomic E-state index is 0.0528. The van der Waals surface area contributed by atoms with Crippen LogP contribution in [0.5, 0.6) is 0 Å². The van der Waals surface area contributed by atoms with Crippen LogP contribution in [0.3, 0.4) is 0 Å². The van der Waals surface area contributed by atoms with Crippen molar-refractivity contribution >= 4 is 22.9 Å². The second kappa shape index (κ2) is 5.93. The van der Waals surface area contributed by atoms with E-state index in [-0.39, 0.29) is 23.2 Å². The van der Waals surface area contributed by atoms with Gasteiger partial charge in [-0.05, 0) is 33.2 Å². The van der Waals surface area contributed by atoms with E-state index in [9.17, 15) is 9.59 Å². The van der Waals surface area contributed by atoms with E-state index in [0.717, 1.165) is 19.5 Å². The van der Waals surface area contributed by atoms with Gasteiger partial charge >= 0.3 is 0 Å². The van der Waals surface area contributed by atoms with Crippen molar-refractivity contribution in [3.05, 3.63) is 0 Å². The van der Waals surface area contributed by atoms with Crippen LogP contribution in [-0.2, 0) is 4.79 Å². The molecule has 2 aliphatic rings. The molecule has 0 radical (unpaired) electrons. The molecule has 0 spiro atoms. The van der Waals surface area contributed by atoms with E-state index in [1.807, 2.05) is 18.7 Å². The van der Waals surface area contributed by atoms with Crippen molar-refractivity contribution in [3.8, 4) is 0 Å². The molecule has 0 bridgehead atoms. The molecule has 2 rings (SSSR count). The van der Waals surface area contributed by atoms with Crippen LogP contribution in [0.15, 0.2) is 0 Å². The van der Waals surface area contributed by atoms with Gasteiger partial charge in [-0.2, -0.15) is 0 Å². The van der Waals surface area contributed by atoms with E-state index in [1.54, 1.807) is 0 Å². The summed E-state index contributed by atoms with van der Waals surface area (Å²) in [5, 5.41) is 6.05. The number of hydrogen-bond acceptors (Lipinski definition) is 4. The molecule has 2 atom stereocenters. The number of thioether (sulfide) groups is 1. The number of nitrogens with one attached hydrogen (secondary N) is 2. The fourth-order valence-electron chi connectivity index (χ4n) is 2.42. The van der Waals surface area contributed by atoms with Crippen LogP contribution in [-0.4, -0.2) is 53.0 Å². The van der Waals surface area contributed by atoms with Crippen molar-refractivity contribution in [2.24, 2.45) is 0 Å². The molecule has 2 fully saturated rings. The van der Waals surface area contributed by atoms with Gasteiger partial charge < -0.3 is 15.5 Å². The largest absolute Gasteiger partial charge is 0.337 e. The second-order valence-corrected chi connectivity index (χ2v) is 6.17. The van der Waals surface area contributed by atoms with Crippen molar-refractivity contribution in [3.63, 3.8) is 0 Å². The molecule has 0 aromatic heterocycles. The van der Waals surface area contributed by atoms with Gasteiger partial charge in [0.25, 0.3) is 5.24 Å². The van der Waals surface area contributed by atoms with Crippen molar-refractivity contribution in [2.45, 2.75) is 44.8 Å². The molecule has 2 saturated heterocycles. The third-order valence-electron chi connectivity index (χ3n) is 3.46. The highest BCUT2D eigenvalue weighted by atomic mass is 32.2. The Morgan fingerprint density at radius 2 is 2.33 bits per heavy atom. The van der Waals surface area contributed by atoms with E-state index in [1.165, 1.54) is 18.2 Å². The molecule has 0 saturated carbocycles. The fraction of sp³-hybridized carbons (Fsp3) is 0.833. The predicted molar refractivity (Wildman–Crippen MR) is 72.7 cm³/mol. The zero-order valence-electron chi connectivity index (χ0n) is 10.9. The van der Waals surface area contributed by atoms with Gasteiger partial charge in [0, 0.05) is 24.4 Å². The zero-order chi connectivity index (χ0) is 13.1. The molecule has 2 unspecified atom stereocenters. The van der Waals surface area contributed by atoms with Gasteiger partial charge in [0.15, 0.2) is 0 Å². The number of hydrogen-bond donors (Lipinski definition) is 2. The van der Waals surface area contributed by atoms with Crippen molar-refractivity contribution in [1.82, 2.24) is 15.5 Å². The third kappa shape index (κ3) is 3.17. The Hall–Kier alpha value is -0.750. The average Bonchev–Trinajstić information content (AvgIpc) is 2.95. The standard InChI is InChI=1S/C12H21N3O2S/c1-8(2)15(6-9-4-3-5-13-9)11(16)10-7-18-12(17)14-10/h8-10,13H,3-7H2,1-2H3,(H,14,17). The lowest BCUT2D eigenvalue weighted by molar-refractivity contribution is -0.134. The Morgan fingerprint density at radius 1 is 1.56 bits per heavy atom. The van der Waals surface area contributed by atoms with Crippen molar-refractivity contribution < 1.29 is 9.59 Å². The maximum absolute atomic E-state index is 12.4. The van der Waals surface area contributed by atoms with Gasteiger partial charge in [0.05, 0.1) is 0 Å². The minimum atomic E-state index is -0.341. The van der Waals surface area contributed by atoms with Crippen LogP contribution in [0.4, 0.5) is 4.79 Å². The third-order valence-corrected chi connectivity index (χ3v) is 4.34. The van der Waals surface area contributed by atoms with Crippen LogP contribution in [0.25, 0.3) is 0 Å². The number of carbonyl (C=O) groups is 2. The number of amides is 2. The zero-order valence-corrected chi connectivity index (χ0v) is 11.8. The first kappa shape index (κ1) is 13.7. The Bertz CT molecular complexity index is 329. The van der Waals surface area contributed by atoms with Crippen molar-refractivity contribution in [2.75, 3.05) is 18.8 Å². The minimum Gasteiger partial charge on any atom is -0.337 e. The number of carbonyl (C=O) groups excluding carboxylic acids is 2. The molecule has 102 valence electrons. The van der Waals surface area contributed by atoms with E-state index in [2.05, 4.69) is 10.6 Å². The van der Waals surface area contributed by atoms with E-state index >= 15 is 0 Å². The molecule has 2 amide bonds. The summed E-state index contributed by atoms with van der Waals surface area (Å²) >= 11 is 1.19. The highest BCUT2D eigenvalue weighted by Crippen LogP contribution is 2.17. The maximum atomic E-state index is 12.4. The lowest BCUT2D eigenvalue weighted by Crippen LogP contribution is -2.51. The highest BCUT2D eigenvalue weighted by molar-refractivity contribution is 8.14. The quantitative estimate of drug-likeness (QED) is 0.794. The Kier molecular flexibility index (Phi) is 4.50. The molecule has 2 aliphatic heterocycles. The Balaban J connectivity index is 1.95. The van der Waals surface area contributed by atoms with E-state index in [4.69, 9.17) is 0 Å². The first-order chi connectivity index (χ1) is 8.58. The molecule has 18 heavy (non-hydrogen) atoms. The summed E-state index contributed by atoms with van der Waals surface area (Å²) in [6, 6.07) is 0.231. The van der Waals surface area contributed by atoms with Crippen LogP contribution in [0.2, 0.25) is 0 Å². The Labute approximate surface area is 112 Å². The second-order valence-electron chi connectivity index (χ2n) is 5.17. The topological polar surface area (TPSA) is 61.4 Å². The van der Waals surface area contributed by atoms with Crippen LogP contribution < -0.4 is 10.6 Å². The Morgan fingerprint density at radius 3 is 2.83 bits per heavy atom. The molecular weight excluding hydrogens is 250 g/mol. The molecule has 0 aromatic rings. The molecule has 5 nitrogen and oxygen atoms in total. The maximum Gasteiger partial charge on any atom is 0.279 e. The molecular formula is C12H21N3O2S. The predicted octanol–water partition coefficient (Wildman–Crippen LogP) is 0.800. The smallest absolute Gasteiger partial charge is 0.279 e. The van der Waals surface area contributed by atoms with E-state index < -0.39 is 0 Å². The average molecular weight is 271 g/mol. The van der Waals surface area contributed by atoms with Crippen molar-refractivity contribution in [1.29, 1.82) is 0 Å². The van der Waals surface area contributed by atoms with Gasteiger partial charge in [0.1, 0.15) is 6.04 Å². The summed E-state index contributed by atoms with van der Waals surface area (Å²) < 4.78 is 0. The van der Waals surface area contributed by atoms with Gasteiger partial charge in [-0.15, -0.1) is 0 Å². The van der Waals surface area contributed by atoms with E-state index in [0.29, 0.717) is 11.8 Å². The lowest BCUT2D eigenvalue weighted by atomic mass is 10.1. The first-order valence-electron chi connectivity index (χ1n) is 6.55. The van der Waals surface area contributed by atoms with Gasteiger partial charge in [-0.25, -0.2) is 0 Å². The number of nitrogens with zero attached hydrogens (tertiary/aromatic N) is 1. The monoisotopic (exact) mass is 271 g/mol. The molecule has 2 heterocycles. The summed E-state index contributed by atoms with van der Waals surface area (Å²) in [5.74, 6) is 0.607. The molecule has 2 N–H and O–H groups in total. The summed E-state index contributed by atoms with van der Waals surface area (Å²) in [6.45, 7) is 5.84. The summed E-state index contributed by atoms with van der Waals surface area (Å²) in [5.41, 5.74) is 0. The summed E-state index contributed by atoms with van der Waals surface area (Å²) in [6.07, 6.45) is 2.31. The van der Waals surface area contributed by atoms with Gasteiger partial charge in [-0.1, -0.05) is 11.8 Å². The fourth-order valence-corrected chi connectivity index (χ4v) is 3.19. The SMILES string of the molecule is CC(C)N(CC1CCCN1)C(=O)C1CSC(=O)N1. The normalized spacial score (nSPS) is 27.6. The summed E-state index contributed by atoms with van der Waals surface area (Å²) in [7, 11) is 0.